The standard InChI is InChI=1S/C19H24N4OS/c1-12-21-17(9-18(22-12)19-4-3-7-25-19)16-11-23-6-5-14(16)8-15(23)10-20-13(2)24/h3-4,7,9,14-16H,5-6,8,10-11H2,1-2H3,(H,20,24)/t14-,15+,16+/m0/s1. The summed E-state index contributed by atoms with van der Waals surface area (Å²) in [6.07, 6.45) is 2.36. The lowest BCUT2D eigenvalue weighted by atomic mass is 9.74. The highest BCUT2D eigenvalue weighted by Crippen LogP contribution is 2.41. The lowest BCUT2D eigenvalue weighted by Gasteiger charge is -2.49. The van der Waals surface area contributed by atoms with Crippen LogP contribution in [-0.4, -0.2) is 46.5 Å². The smallest absolute Gasteiger partial charge is 0.216 e. The Morgan fingerprint density at radius 3 is 3.00 bits per heavy atom. The maximum atomic E-state index is 11.2. The molecule has 6 heteroatoms. The van der Waals surface area contributed by atoms with Crippen LogP contribution in [0.3, 0.4) is 0 Å². The Hall–Kier alpha value is -1.79. The van der Waals surface area contributed by atoms with Gasteiger partial charge in [0.25, 0.3) is 0 Å². The van der Waals surface area contributed by atoms with Crippen molar-refractivity contribution in [3.63, 3.8) is 0 Å². The monoisotopic (exact) mass is 356 g/mol. The predicted octanol–water partition coefficient (Wildman–Crippen LogP) is 2.83. The summed E-state index contributed by atoms with van der Waals surface area (Å²) in [6.45, 7) is 6.51. The topological polar surface area (TPSA) is 58.1 Å². The second-order valence-electron chi connectivity index (χ2n) is 7.18. The van der Waals surface area contributed by atoms with E-state index < -0.39 is 0 Å². The van der Waals surface area contributed by atoms with Gasteiger partial charge in [0.1, 0.15) is 5.82 Å². The van der Waals surface area contributed by atoms with E-state index in [4.69, 9.17) is 4.98 Å². The van der Waals surface area contributed by atoms with Gasteiger partial charge in [-0.1, -0.05) is 6.07 Å². The number of hydrogen-bond donors (Lipinski definition) is 1. The quantitative estimate of drug-likeness (QED) is 0.915. The van der Waals surface area contributed by atoms with Crippen LogP contribution in [-0.2, 0) is 4.79 Å². The van der Waals surface area contributed by atoms with E-state index in [9.17, 15) is 4.79 Å². The molecular weight excluding hydrogens is 332 g/mol. The number of aryl methyl sites for hydroxylation is 1. The zero-order valence-electron chi connectivity index (χ0n) is 14.7. The first-order valence-corrected chi connectivity index (χ1v) is 9.86. The average Bonchev–Trinajstić information content (AvgIpc) is 3.14. The molecule has 0 radical (unpaired) electrons. The lowest BCUT2D eigenvalue weighted by Crippen LogP contribution is -2.56. The van der Waals surface area contributed by atoms with Crippen molar-refractivity contribution in [2.75, 3.05) is 19.6 Å². The van der Waals surface area contributed by atoms with Gasteiger partial charge in [-0.3, -0.25) is 9.69 Å². The van der Waals surface area contributed by atoms with Crippen LogP contribution in [0.2, 0.25) is 0 Å². The van der Waals surface area contributed by atoms with Crippen LogP contribution in [0.15, 0.2) is 23.6 Å². The van der Waals surface area contributed by atoms with E-state index in [-0.39, 0.29) is 5.91 Å². The van der Waals surface area contributed by atoms with Gasteiger partial charge in [0.2, 0.25) is 5.91 Å². The molecule has 0 aromatic carbocycles. The maximum absolute atomic E-state index is 11.2. The molecule has 0 spiro atoms. The molecule has 5 heterocycles. The summed E-state index contributed by atoms with van der Waals surface area (Å²) in [7, 11) is 0. The molecule has 1 amide bonds. The highest BCUT2D eigenvalue weighted by Gasteiger charge is 2.41. The molecule has 0 aliphatic carbocycles. The van der Waals surface area contributed by atoms with Crippen molar-refractivity contribution < 1.29 is 4.79 Å². The van der Waals surface area contributed by atoms with E-state index in [1.807, 2.05) is 6.92 Å². The minimum absolute atomic E-state index is 0.0613. The second-order valence-corrected chi connectivity index (χ2v) is 8.13. The first kappa shape index (κ1) is 16.7. The van der Waals surface area contributed by atoms with E-state index in [0.29, 0.717) is 17.9 Å². The SMILES string of the molecule is CC(=O)NC[C@H]1C[C@@H]2CCN1C[C@H]2c1cc(-c2cccs2)nc(C)n1. The fraction of sp³-hybridized carbons (Fsp3) is 0.526. The number of amides is 1. The number of piperidine rings is 3. The van der Waals surface area contributed by atoms with Gasteiger partial charge in [-0.2, -0.15) is 0 Å². The van der Waals surface area contributed by atoms with Crippen LogP contribution in [0.25, 0.3) is 10.6 Å². The van der Waals surface area contributed by atoms with Crippen molar-refractivity contribution in [1.29, 1.82) is 0 Å². The molecule has 1 N–H and O–H groups in total. The van der Waals surface area contributed by atoms with Crippen molar-refractivity contribution in [2.24, 2.45) is 5.92 Å². The fourth-order valence-electron chi connectivity index (χ4n) is 4.28. The van der Waals surface area contributed by atoms with Crippen LogP contribution < -0.4 is 5.32 Å². The summed E-state index contributed by atoms with van der Waals surface area (Å²) < 4.78 is 0. The van der Waals surface area contributed by atoms with Crippen LogP contribution in [0.1, 0.15) is 37.2 Å². The zero-order chi connectivity index (χ0) is 17.4. The van der Waals surface area contributed by atoms with Crippen LogP contribution >= 0.6 is 11.3 Å². The third-order valence-corrected chi connectivity index (χ3v) is 6.37. The number of carbonyl (C=O) groups is 1. The molecule has 2 bridgehead atoms. The molecule has 3 fully saturated rings. The molecule has 5 rings (SSSR count). The van der Waals surface area contributed by atoms with Gasteiger partial charge in [-0.25, -0.2) is 9.97 Å². The van der Waals surface area contributed by atoms with Crippen LogP contribution in [0.4, 0.5) is 0 Å². The zero-order valence-corrected chi connectivity index (χ0v) is 15.6. The largest absolute Gasteiger partial charge is 0.355 e. The van der Waals surface area contributed by atoms with Crippen molar-refractivity contribution in [3.8, 4) is 10.6 Å². The van der Waals surface area contributed by atoms with Crippen molar-refractivity contribution >= 4 is 17.2 Å². The van der Waals surface area contributed by atoms with E-state index >= 15 is 0 Å². The Morgan fingerprint density at radius 1 is 1.44 bits per heavy atom. The minimum atomic E-state index is 0.0613. The van der Waals surface area contributed by atoms with Crippen molar-refractivity contribution in [3.05, 3.63) is 35.1 Å². The maximum Gasteiger partial charge on any atom is 0.216 e. The Labute approximate surface area is 152 Å². The molecule has 0 saturated carbocycles. The molecular formula is C19H24N4OS. The molecule has 3 saturated heterocycles. The van der Waals surface area contributed by atoms with Crippen LogP contribution in [0.5, 0.6) is 0 Å². The third kappa shape index (κ3) is 3.46. The van der Waals surface area contributed by atoms with E-state index in [2.05, 4.69) is 38.8 Å². The van der Waals surface area contributed by atoms with Gasteiger partial charge in [0.05, 0.1) is 10.6 Å². The van der Waals surface area contributed by atoms with Gasteiger partial charge >= 0.3 is 0 Å². The van der Waals surface area contributed by atoms with E-state index in [1.165, 1.54) is 17.0 Å². The minimum Gasteiger partial charge on any atom is -0.355 e. The second kappa shape index (κ2) is 6.84. The summed E-state index contributed by atoms with van der Waals surface area (Å²) in [6, 6.07) is 6.85. The summed E-state index contributed by atoms with van der Waals surface area (Å²) in [5.74, 6) is 2.04. The van der Waals surface area contributed by atoms with Crippen LogP contribution in [0, 0.1) is 12.8 Å². The molecule has 132 valence electrons. The number of thiophene rings is 1. The van der Waals surface area contributed by atoms with Gasteiger partial charge < -0.3 is 5.32 Å². The number of aromatic nitrogens is 2. The van der Waals surface area contributed by atoms with Gasteiger partial charge in [0, 0.05) is 37.7 Å². The molecule has 3 aliphatic rings. The Balaban J connectivity index is 1.55. The average molecular weight is 356 g/mol. The predicted molar refractivity (Wildman–Crippen MR) is 99.6 cm³/mol. The van der Waals surface area contributed by atoms with Gasteiger partial charge in [0.15, 0.2) is 0 Å². The molecule has 25 heavy (non-hydrogen) atoms. The fourth-order valence-corrected chi connectivity index (χ4v) is 4.96. The lowest BCUT2D eigenvalue weighted by molar-refractivity contribution is -0.119. The number of nitrogens with one attached hydrogen (secondary N) is 1. The highest BCUT2D eigenvalue weighted by atomic mass is 32.1. The summed E-state index contributed by atoms with van der Waals surface area (Å²) in [5.41, 5.74) is 2.23. The van der Waals surface area contributed by atoms with E-state index in [0.717, 1.165) is 37.6 Å². The highest BCUT2D eigenvalue weighted by molar-refractivity contribution is 7.13. The van der Waals surface area contributed by atoms with Gasteiger partial charge in [-0.05, 0) is 49.7 Å². The number of carbonyl (C=O) groups excluding carboxylic acids is 1. The molecule has 3 aliphatic heterocycles. The summed E-state index contributed by atoms with van der Waals surface area (Å²) in [4.78, 5) is 24.4. The molecule has 2 aromatic rings. The molecule has 2 aromatic heterocycles. The Kier molecular flexibility index (Phi) is 4.56. The third-order valence-electron chi connectivity index (χ3n) is 5.48. The van der Waals surface area contributed by atoms with Crippen molar-refractivity contribution in [1.82, 2.24) is 20.2 Å². The molecule has 5 nitrogen and oxygen atoms in total. The number of rotatable bonds is 4. The van der Waals surface area contributed by atoms with E-state index in [1.54, 1.807) is 18.3 Å². The number of fused-ring (bicyclic) bond motifs is 3. The summed E-state index contributed by atoms with van der Waals surface area (Å²) in [5, 5.41) is 5.08. The van der Waals surface area contributed by atoms with Crippen molar-refractivity contribution in [2.45, 2.75) is 38.6 Å². The first-order chi connectivity index (χ1) is 12.1. The normalized spacial score (nSPS) is 28.1. The summed E-state index contributed by atoms with van der Waals surface area (Å²) >= 11 is 1.72. The Morgan fingerprint density at radius 2 is 2.32 bits per heavy atom. The first-order valence-electron chi connectivity index (χ1n) is 8.98. The molecule has 4 atom stereocenters. The van der Waals surface area contributed by atoms with Gasteiger partial charge in [-0.15, -0.1) is 11.3 Å². The number of nitrogens with zero attached hydrogens (tertiary/aromatic N) is 3. The number of hydrogen-bond acceptors (Lipinski definition) is 5. The Bertz CT molecular complexity index is 761. The molecule has 1 unspecified atom stereocenters.